The summed E-state index contributed by atoms with van der Waals surface area (Å²) in [5.74, 6) is 0.511. The first-order valence-corrected chi connectivity index (χ1v) is 7.33. The van der Waals surface area contributed by atoms with Gasteiger partial charge < -0.3 is 20.3 Å². The maximum atomic E-state index is 12.8. The fraction of sp³-hybridized carbons (Fsp3) is 0.250. The standard InChI is InChI=1S/C16H17FN4O2/c17-12-1-3-13(4-2-12)19-16(22)20-14-5-6-15(18-11-14)21-7-9-23-10-8-21/h1-6,11H,7-10H2,(H2,19,20,22). The van der Waals surface area contributed by atoms with Gasteiger partial charge in [0.2, 0.25) is 0 Å². The van der Waals surface area contributed by atoms with Crippen LogP contribution in [0.3, 0.4) is 0 Å². The molecule has 7 heteroatoms. The number of hydrogen-bond donors (Lipinski definition) is 2. The number of nitrogens with zero attached hydrogens (tertiary/aromatic N) is 2. The highest BCUT2D eigenvalue weighted by Crippen LogP contribution is 2.16. The lowest BCUT2D eigenvalue weighted by atomic mass is 10.3. The number of hydrogen-bond acceptors (Lipinski definition) is 4. The number of urea groups is 1. The molecule has 1 saturated heterocycles. The Balaban J connectivity index is 1.57. The Kier molecular flexibility index (Phi) is 4.68. The van der Waals surface area contributed by atoms with Crippen molar-refractivity contribution in [3.63, 3.8) is 0 Å². The Morgan fingerprint density at radius 2 is 1.70 bits per heavy atom. The lowest BCUT2D eigenvalue weighted by molar-refractivity contribution is 0.122. The average Bonchev–Trinajstić information content (AvgIpc) is 2.58. The quantitative estimate of drug-likeness (QED) is 0.914. The molecule has 3 rings (SSSR count). The number of rotatable bonds is 3. The minimum absolute atomic E-state index is 0.348. The largest absolute Gasteiger partial charge is 0.378 e. The van der Waals surface area contributed by atoms with Gasteiger partial charge in [-0.1, -0.05) is 0 Å². The van der Waals surface area contributed by atoms with Gasteiger partial charge in [0.15, 0.2) is 0 Å². The number of anilines is 3. The van der Waals surface area contributed by atoms with Crippen molar-refractivity contribution in [2.24, 2.45) is 0 Å². The third-order valence-electron chi connectivity index (χ3n) is 3.44. The summed E-state index contributed by atoms with van der Waals surface area (Å²) in [5, 5.41) is 5.31. The zero-order valence-corrected chi connectivity index (χ0v) is 12.5. The topological polar surface area (TPSA) is 66.5 Å². The van der Waals surface area contributed by atoms with Gasteiger partial charge >= 0.3 is 6.03 Å². The van der Waals surface area contributed by atoms with Gasteiger partial charge in [0.1, 0.15) is 11.6 Å². The second-order valence-electron chi connectivity index (χ2n) is 5.09. The smallest absolute Gasteiger partial charge is 0.323 e. The highest BCUT2D eigenvalue weighted by Gasteiger charge is 2.12. The van der Waals surface area contributed by atoms with Crippen molar-refractivity contribution in [3.8, 4) is 0 Å². The lowest BCUT2D eigenvalue weighted by Crippen LogP contribution is -2.36. The molecule has 0 radical (unpaired) electrons. The molecule has 23 heavy (non-hydrogen) atoms. The lowest BCUT2D eigenvalue weighted by Gasteiger charge is -2.27. The number of benzene rings is 1. The van der Waals surface area contributed by atoms with Gasteiger partial charge in [-0.15, -0.1) is 0 Å². The summed E-state index contributed by atoms with van der Waals surface area (Å²) in [7, 11) is 0. The van der Waals surface area contributed by atoms with Crippen molar-refractivity contribution in [2.75, 3.05) is 41.8 Å². The van der Waals surface area contributed by atoms with Crippen molar-refractivity contribution in [3.05, 3.63) is 48.4 Å². The Morgan fingerprint density at radius 3 is 2.35 bits per heavy atom. The van der Waals surface area contributed by atoms with Gasteiger partial charge in [0.25, 0.3) is 0 Å². The van der Waals surface area contributed by atoms with Crippen LogP contribution in [0.1, 0.15) is 0 Å². The molecule has 120 valence electrons. The van der Waals surface area contributed by atoms with E-state index in [1.54, 1.807) is 12.3 Å². The van der Waals surface area contributed by atoms with E-state index in [1.807, 2.05) is 6.07 Å². The summed E-state index contributed by atoms with van der Waals surface area (Å²) < 4.78 is 18.1. The zero-order chi connectivity index (χ0) is 16.1. The molecule has 2 N–H and O–H groups in total. The molecule has 6 nitrogen and oxygen atoms in total. The van der Waals surface area contributed by atoms with E-state index in [1.165, 1.54) is 24.3 Å². The second-order valence-corrected chi connectivity index (χ2v) is 5.09. The first-order valence-electron chi connectivity index (χ1n) is 7.33. The van der Waals surface area contributed by atoms with Crippen molar-refractivity contribution in [2.45, 2.75) is 0 Å². The number of halogens is 1. The summed E-state index contributed by atoms with van der Waals surface area (Å²) in [6, 6.07) is 8.81. The molecule has 0 aliphatic carbocycles. The molecule has 0 bridgehead atoms. The Bertz CT molecular complexity index is 655. The minimum Gasteiger partial charge on any atom is -0.378 e. The predicted molar refractivity (Wildman–Crippen MR) is 86.3 cm³/mol. The van der Waals surface area contributed by atoms with Crippen LogP contribution in [-0.2, 0) is 4.74 Å². The number of carbonyl (C=O) groups excluding carboxylic acids is 1. The molecule has 2 amide bonds. The Labute approximate surface area is 133 Å². The molecule has 0 unspecified atom stereocenters. The van der Waals surface area contributed by atoms with Gasteiger partial charge in [0.05, 0.1) is 25.1 Å². The minimum atomic E-state index is -0.405. The number of pyridine rings is 1. The van der Waals surface area contributed by atoms with Gasteiger partial charge in [-0.25, -0.2) is 14.2 Å². The SMILES string of the molecule is O=C(Nc1ccc(F)cc1)Nc1ccc(N2CCOCC2)nc1. The Morgan fingerprint density at radius 1 is 1.04 bits per heavy atom. The van der Waals surface area contributed by atoms with Crippen molar-refractivity contribution < 1.29 is 13.9 Å². The molecule has 1 aliphatic heterocycles. The number of nitrogens with one attached hydrogen (secondary N) is 2. The van der Waals surface area contributed by atoms with Crippen LogP contribution in [0, 0.1) is 5.82 Å². The van der Waals surface area contributed by atoms with Crippen molar-refractivity contribution in [1.29, 1.82) is 0 Å². The van der Waals surface area contributed by atoms with Crippen LogP contribution >= 0.6 is 0 Å². The van der Waals surface area contributed by atoms with Crippen LogP contribution in [0.2, 0.25) is 0 Å². The normalized spacial score (nSPS) is 14.4. The summed E-state index contributed by atoms with van der Waals surface area (Å²) in [6.45, 7) is 3.01. The second kappa shape index (κ2) is 7.06. The van der Waals surface area contributed by atoms with E-state index in [4.69, 9.17) is 4.74 Å². The molecule has 0 saturated carbocycles. The van der Waals surface area contributed by atoms with Gasteiger partial charge in [0, 0.05) is 18.8 Å². The predicted octanol–water partition coefficient (Wildman–Crippen LogP) is 2.70. The third-order valence-corrected chi connectivity index (χ3v) is 3.44. The molecular formula is C16H17FN4O2. The molecule has 0 spiro atoms. The molecule has 1 fully saturated rings. The van der Waals surface area contributed by atoms with E-state index < -0.39 is 6.03 Å². The van der Waals surface area contributed by atoms with Crippen LogP contribution < -0.4 is 15.5 Å². The van der Waals surface area contributed by atoms with Crippen LogP contribution in [0.25, 0.3) is 0 Å². The maximum Gasteiger partial charge on any atom is 0.323 e. The number of morpholine rings is 1. The van der Waals surface area contributed by atoms with E-state index in [0.29, 0.717) is 24.6 Å². The fourth-order valence-electron chi connectivity index (χ4n) is 2.27. The molecule has 2 heterocycles. The van der Waals surface area contributed by atoms with E-state index in [0.717, 1.165) is 18.9 Å². The zero-order valence-electron chi connectivity index (χ0n) is 12.5. The number of carbonyl (C=O) groups is 1. The molecule has 0 atom stereocenters. The number of aromatic nitrogens is 1. The molecule has 1 aliphatic rings. The van der Waals surface area contributed by atoms with Crippen molar-refractivity contribution >= 4 is 23.2 Å². The van der Waals surface area contributed by atoms with E-state index in [-0.39, 0.29) is 5.82 Å². The summed E-state index contributed by atoms with van der Waals surface area (Å²) >= 11 is 0. The van der Waals surface area contributed by atoms with Gasteiger partial charge in [-0.3, -0.25) is 0 Å². The first-order chi connectivity index (χ1) is 11.2. The van der Waals surface area contributed by atoms with Crippen LogP contribution in [0.5, 0.6) is 0 Å². The highest BCUT2D eigenvalue weighted by atomic mass is 19.1. The molecule has 1 aromatic heterocycles. The van der Waals surface area contributed by atoms with Crippen molar-refractivity contribution in [1.82, 2.24) is 4.98 Å². The van der Waals surface area contributed by atoms with Crippen LogP contribution in [0.4, 0.5) is 26.4 Å². The summed E-state index contributed by atoms with van der Waals surface area (Å²) in [6.07, 6.45) is 1.61. The summed E-state index contributed by atoms with van der Waals surface area (Å²) in [5.41, 5.74) is 1.10. The molecule has 1 aromatic carbocycles. The summed E-state index contributed by atoms with van der Waals surface area (Å²) in [4.78, 5) is 18.4. The fourth-order valence-corrected chi connectivity index (χ4v) is 2.27. The van der Waals surface area contributed by atoms with E-state index in [2.05, 4.69) is 20.5 Å². The van der Waals surface area contributed by atoms with E-state index in [9.17, 15) is 9.18 Å². The van der Waals surface area contributed by atoms with E-state index >= 15 is 0 Å². The third kappa shape index (κ3) is 4.17. The molecular weight excluding hydrogens is 299 g/mol. The first kappa shape index (κ1) is 15.2. The number of ether oxygens (including phenoxy) is 1. The Hall–Kier alpha value is -2.67. The monoisotopic (exact) mass is 316 g/mol. The average molecular weight is 316 g/mol. The van der Waals surface area contributed by atoms with Gasteiger partial charge in [-0.2, -0.15) is 0 Å². The number of amides is 2. The van der Waals surface area contributed by atoms with Crippen LogP contribution in [0.15, 0.2) is 42.6 Å². The molecule has 2 aromatic rings. The van der Waals surface area contributed by atoms with Crippen LogP contribution in [-0.4, -0.2) is 37.3 Å². The van der Waals surface area contributed by atoms with Gasteiger partial charge in [-0.05, 0) is 36.4 Å². The highest BCUT2D eigenvalue weighted by molar-refractivity contribution is 5.99. The maximum absolute atomic E-state index is 12.8.